The molecule has 0 unspecified atom stereocenters. The van der Waals surface area contributed by atoms with Crippen LogP contribution in [0.4, 0.5) is 33.7 Å². The average Bonchev–Trinajstić information content (AvgIpc) is 2.45. The van der Waals surface area contributed by atoms with E-state index >= 15 is 0 Å². The van der Waals surface area contributed by atoms with Gasteiger partial charge in [0.2, 0.25) is 5.95 Å². The van der Waals surface area contributed by atoms with Crippen molar-refractivity contribution in [3.8, 4) is 17.3 Å². The molecule has 0 saturated carbocycles. The minimum Gasteiger partial charge on any atom is -0.382 e. The molecule has 0 amide bonds. The second-order valence-electron chi connectivity index (χ2n) is 4.42. The van der Waals surface area contributed by atoms with Gasteiger partial charge in [-0.2, -0.15) is 32.2 Å². The van der Waals surface area contributed by atoms with Crippen LogP contribution < -0.4 is 11.5 Å². The van der Waals surface area contributed by atoms with Crippen molar-refractivity contribution in [3.05, 3.63) is 35.4 Å². The molecule has 4 N–H and O–H groups in total. The molecule has 1 aromatic heterocycles. The summed E-state index contributed by atoms with van der Waals surface area (Å²) >= 11 is 0. The van der Waals surface area contributed by atoms with E-state index < -0.39 is 46.2 Å². The number of aromatic nitrogens is 2. The maximum absolute atomic E-state index is 13.7. The lowest BCUT2D eigenvalue weighted by Gasteiger charge is -2.22. The third-order valence-corrected chi connectivity index (χ3v) is 2.94. The fourth-order valence-corrected chi connectivity index (χ4v) is 1.92. The van der Waals surface area contributed by atoms with Crippen molar-refractivity contribution in [3.63, 3.8) is 0 Å². The number of nitrogens with two attached hydrogens (primary N) is 2. The van der Waals surface area contributed by atoms with E-state index in [0.717, 1.165) is 12.1 Å². The minimum atomic E-state index is -5.82. The van der Waals surface area contributed by atoms with Crippen molar-refractivity contribution in [1.82, 2.24) is 9.97 Å². The molecule has 23 heavy (non-hydrogen) atoms. The fourth-order valence-electron chi connectivity index (χ4n) is 1.92. The zero-order chi connectivity index (χ0) is 17.4. The topological polar surface area (TPSA) is 102 Å². The Morgan fingerprint density at radius 3 is 2.17 bits per heavy atom. The van der Waals surface area contributed by atoms with Crippen LogP contribution in [0.5, 0.6) is 0 Å². The van der Waals surface area contributed by atoms with E-state index in [4.69, 9.17) is 16.7 Å². The first-order chi connectivity index (χ1) is 10.6. The summed E-state index contributed by atoms with van der Waals surface area (Å²) in [5.41, 5.74) is 7.90. The highest BCUT2D eigenvalue weighted by Gasteiger charge is 2.59. The molecular weight excluding hydrogens is 321 g/mol. The lowest BCUT2D eigenvalue weighted by Crippen LogP contribution is -2.34. The summed E-state index contributed by atoms with van der Waals surface area (Å²) in [5, 5.41) is 9.04. The van der Waals surface area contributed by atoms with Crippen LogP contribution in [-0.2, 0) is 5.92 Å². The quantitative estimate of drug-likeness (QED) is 0.825. The van der Waals surface area contributed by atoms with Crippen molar-refractivity contribution in [2.24, 2.45) is 0 Å². The Balaban J connectivity index is 2.81. The molecule has 0 saturated heterocycles. The van der Waals surface area contributed by atoms with Crippen molar-refractivity contribution in [1.29, 1.82) is 5.26 Å². The first-order valence-electron chi connectivity index (χ1n) is 5.97. The second kappa shape index (κ2) is 5.35. The molecule has 5 nitrogen and oxygen atoms in total. The Hall–Kier alpha value is -2.96. The van der Waals surface area contributed by atoms with Gasteiger partial charge in [-0.15, -0.1) is 0 Å². The van der Waals surface area contributed by atoms with Gasteiger partial charge in [-0.3, -0.25) is 0 Å². The van der Waals surface area contributed by atoms with Crippen LogP contribution in [0.15, 0.2) is 24.3 Å². The summed E-state index contributed by atoms with van der Waals surface area (Å²) in [4.78, 5) is 7.08. The summed E-state index contributed by atoms with van der Waals surface area (Å²) in [6.45, 7) is 0. The van der Waals surface area contributed by atoms with Gasteiger partial charge in [0.25, 0.3) is 0 Å². The number of halogens is 5. The lowest BCUT2D eigenvalue weighted by atomic mass is 9.96. The predicted octanol–water partition coefficient (Wildman–Crippen LogP) is 2.83. The highest BCUT2D eigenvalue weighted by atomic mass is 19.4. The maximum Gasteiger partial charge on any atom is 0.458 e. The van der Waals surface area contributed by atoms with Gasteiger partial charge in [0.05, 0.1) is 5.69 Å². The Kier molecular flexibility index (Phi) is 3.82. The molecule has 120 valence electrons. The molecule has 2 rings (SSSR count). The lowest BCUT2D eigenvalue weighted by molar-refractivity contribution is -0.289. The number of hydrogen-bond acceptors (Lipinski definition) is 5. The molecule has 0 aliphatic rings. The second-order valence-corrected chi connectivity index (χ2v) is 4.42. The van der Waals surface area contributed by atoms with Gasteiger partial charge in [-0.05, 0) is 0 Å². The minimum absolute atomic E-state index is 0.417. The Morgan fingerprint density at radius 1 is 1.00 bits per heavy atom. The third-order valence-electron chi connectivity index (χ3n) is 2.94. The van der Waals surface area contributed by atoms with Gasteiger partial charge in [-0.1, -0.05) is 24.3 Å². The van der Waals surface area contributed by atoms with Gasteiger partial charge >= 0.3 is 12.1 Å². The van der Waals surface area contributed by atoms with Crippen LogP contribution in [0.25, 0.3) is 11.3 Å². The summed E-state index contributed by atoms with van der Waals surface area (Å²) in [6, 6.07) is 5.38. The number of alkyl halides is 5. The standard InChI is InChI=1S/C13H8F5N5/c14-12(15,13(16,17)18)8-4-2-1-3-6(8)9-7(5-19)10(20)23-11(21)22-9/h1-4H,(H4,20,21,22,23). The first-order valence-corrected chi connectivity index (χ1v) is 5.97. The zero-order valence-electron chi connectivity index (χ0n) is 11.2. The molecule has 0 fully saturated rings. The van der Waals surface area contributed by atoms with Gasteiger partial charge in [0, 0.05) is 11.1 Å². The number of nitriles is 1. The largest absolute Gasteiger partial charge is 0.458 e. The Bertz CT molecular complexity index is 794. The summed E-state index contributed by atoms with van der Waals surface area (Å²) in [7, 11) is 0. The highest BCUT2D eigenvalue weighted by molar-refractivity contribution is 5.75. The maximum atomic E-state index is 13.7. The Morgan fingerprint density at radius 2 is 1.61 bits per heavy atom. The highest BCUT2D eigenvalue weighted by Crippen LogP contribution is 2.47. The van der Waals surface area contributed by atoms with Gasteiger partial charge < -0.3 is 11.5 Å². The van der Waals surface area contributed by atoms with Gasteiger partial charge in [-0.25, -0.2) is 4.98 Å². The van der Waals surface area contributed by atoms with E-state index in [9.17, 15) is 22.0 Å². The summed E-state index contributed by atoms with van der Waals surface area (Å²) < 4.78 is 65.4. The zero-order valence-corrected chi connectivity index (χ0v) is 11.2. The third kappa shape index (κ3) is 2.73. The van der Waals surface area contributed by atoms with Gasteiger partial charge in [0.15, 0.2) is 0 Å². The molecule has 0 radical (unpaired) electrons. The van der Waals surface area contributed by atoms with Crippen LogP contribution in [0.2, 0.25) is 0 Å². The van der Waals surface area contributed by atoms with E-state index in [1.165, 1.54) is 6.07 Å². The number of benzene rings is 1. The molecule has 0 aliphatic heterocycles. The fraction of sp³-hybridized carbons (Fsp3) is 0.154. The predicted molar refractivity (Wildman–Crippen MR) is 71.0 cm³/mol. The van der Waals surface area contributed by atoms with Crippen LogP contribution >= 0.6 is 0 Å². The van der Waals surface area contributed by atoms with E-state index in [1.54, 1.807) is 6.07 Å². The van der Waals surface area contributed by atoms with Crippen LogP contribution in [0.3, 0.4) is 0 Å². The average molecular weight is 329 g/mol. The van der Waals surface area contributed by atoms with E-state index in [2.05, 4.69) is 9.97 Å². The van der Waals surface area contributed by atoms with Crippen LogP contribution in [0.1, 0.15) is 11.1 Å². The molecule has 0 atom stereocenters. The number of anilines is 2. The molecule has 0 aliphatic carbocycles. The normalized spacial score (nSPS) is 12.0. The Labute approximate surface area is 126 Å². The molecule has 1 aromatic carbocycles. The molecule has 0 bridgehead atoms. The van der Waals surface area contributed by atoms with Crippen molar-refractivity contribution in [2.75, 3.05) is 11.5 Å². The van der Waals surface area contributed by atoms with Crippen LogP contribution in [0, 0.1) is 11.3 Å². The van der Waals surface area contributed by atoms with E-state index in [-0.39, 0.29) is 0 Å². The monoisotopic (exact) mass is 329 g/mol. The number of nitrogens with zero attached hydrogens (tertiary/aromatic N) is 3. The summed E-state index contributed by atoms with van der Waals surface area (Å²) in [6.07, 6.45) is -5.82. The van der Waals surface area contributed by atoms with E-state index in [1.807, 2.05) is 0 Å². The van der Waals surface area contributed by atoms with Gasteiger partial charge in [0.1, 0.15) is 17.5 Å². The number of rotatable bonds is 2. The first kappa shape index (κ1) is 16.4. The summed E-state index contributed by atoms with van der Waals surface area (Å²) in [5.74, 6) is -6.02. The molecular formula is C13H8F5N5. The van der Waals surface area contributed by atoms with E-state index in [0.29, 0.717) is 6.07 Å². The molecule has 0 spiro atoms. The van der Waals surface area contributed by atoms with Crippen molar-refractivity contribution in [2.45, 2.75) is 12.1 Å². The molecule has 10 heteroatoms. The SMILES string of the molecule is N#Cc1c(N)nc(N)nc1-c1ccccc1C(F)(F)C(F)(F)F. The number of hydrogen-bond donors (Lipinski definition) is 2. The van der Waals surface area contributed by atoms with Crippen LogP contribution in [-0.4, -0.2) is 16.1 Å². The van der Waals surface area contributed by atoms with Crippen molar-refractivity contribution < 1.29 is 22.0 Å². The van der Waals surface area contributed by atoms with Crippen molar-refractivity contribution >= 4 is 11.8 Å². The molecule has 1 heterocycles. The molecule has 2 aromatic rings. The number of nitrogen functional groups attached to an aromatic ring is 2. The smallest absolute Gasteiger partial charge is 0.382 e.